The van der Waals surface area contributed by atoms with Gasteiger partial charge in [0.15, 0.2) is 0 Å². The third kappa shape index (κ3) is 6.60. The molecule has 31 heavy (non-hydrogen) atoms. The average Bonchev–Trinajstić information content (AvgIpc) is 3.00. The highest BCUT2D eigenvalue weighted by Crippen LogP contribution is 2.32. The summed E-state index contributed by atoms with van der Waals surface area (Å²) in [4.78, 5) is 12.3. The maximum atomic E-state index is 12.3. The van der Waals surface area contributed by atoms with E-state index >= 15 is 0 Å². The average molecular weight is 424 g/mol. The van der Waals surface area contributed by atoms with Crippen LogP contribution in [0.2, 0.25) is 0 Å². The molecule has 1 aliphatic carbocycles. The minimum absolute atomic E-state index is 0.0575. The van der Waals surface area contributed by atoms with Crippen LogP contribution in [-0.4, -0.2) is 24.1 Å². The van der Waals surface area contributed by atoms with Gasteiger partial charge in [0.1, 0.15) is 35.7 Å². The molecule has 1 atom stereocenters. The Morgan fingerprint density at radius 1 is 1.26 bits per heavy atom. The van der Waals surface area contributed by atoms with Crippen LogP contribution in [0.4, 0.5) is 0 Å². The summed E-state index contributed by atoms with van der Waals surface area (Å²) in [7, 11) is 0. The zero-order chi connectivity index (χ0) is 22.4. The van der Waals surface area contributed by atoms with E-state index in [-0.39, 0.29) is 24.4 Å². The Kier molecular flexibility index (Phi) is 7.00. The van der Waals surface area contributed by atoms with Gasteiger partial charge in [-0.15, -0.1) is 0 Å². The number of esters is 1. The first-order valence-corrected chi connectivity index (χ1v) is 10.3. The number of hydrogen-bond donors (Lipinski definition) is 1. The molecule has 0 radical (unpaired) electrons. The molecule has 0 bridgehead atoms. The molecule has 0 spiro atoms. The van der Waals surface area contributed by atoms with Gasteiger partial charge in [-0.3, -0.25) is 10.2 Å². The molecule has 0 amide bonds. The second-order valence-electron chi connectivity index (χ2n) is 8.48. The van der Waals surface area contributed by atoms with Crippen LogP contribution < -0.4 is 9.47 Å². The molecule has 1 aromatic rings. The summed E-state index contributed by atoms with van der Waals surface area (Å²) in [5.41, 5.74) is 1.12. The van der Waals surface area contributed by atoms with E-state index in [1.54, 1.807) is 13.0 Å². The molecule has 3 rings (SSSR count). The maximum Gasteiger partial charge on any atom is 0.313 e. The summed E-state index contributed by atoms with van der Waals surface area (Å²) < 4.78 is 22.5. The Morgan fingerprint density at radius 3 is 2.84 bits per heavy atom. The molecular formula is C25H29NO5. The van der Waals surface area contributed by atoms with Gasteiger partial charge >= 0.3 is 5.97 Å². The number of hydrogen-bond acceptors (Lipinski definition) is 6. The van der Waals surface area contributed by atoms with Crippen molar-refractivity contribution < 1.29 is 23.7 Å². The molecular weight excluding hydrogens is 394 g/mol. The van der Waals surface area contributed by atoms with E-state index in [0.29, 0.717) is 29.3 Å². The fraction of sp³-hybridized carbons (Fsp3) is 0.360. The molecule has 1 N–H and O–H groups in total. The van der Waals surface area contributed by atoms with Gasteiger partial charge in [-0.25, -0.2) is 0 Å². The number of carbonyl (C=O) groups is 1. The lowest BCUT2D eigenvalue weighted by Gasteiger charge is -2.27. The molecule has 6 heteroatoms. The van der Waals surface area contributed by atoms with Crippen LogP contribution in [0.1, 0.15) is 39.7 Å². The Bertz CT molecular complexity index is 963. The van der Waals surface area contributed by atoms with Gasteiger partial charge in [0.2, 0.25) is 5.90 Å². The van der Waals surface area contributed by atoms with Crippen LogP contribution in [0.15, 0.2) is 66.2 Å². The van der Waals surface area contributed by atoms with Gasteiger partial charge in [0.25, 0.3) is 0 Å². The van der Waals surface area contributed by atoms with Crippen molar-refractivity contribution in [3.8, 4) is 11.5 Å². The minimum atomic E-state index is -0.516. The normalized spacial score (nSPS) is 18.3. The van der Waals surface area contributed by atoms with Crippen LogP contribution in [0.5, 0.6) is 11.5 Å². The van der Waals surface area contributed by atoms with E-state index < -0.39 is 5.60 Å². The van der Waals surface area contributed by atoms with E-state index in [1.165, 1.54) is 6.26 Å². The number of benzene rings is 1. The molecule has 0 saturated heterocycles. The first-order valence-electron chi connectivity index (χ1n) is 10.3. The molecule has 164 valence electrons. The number of fused-ring (bicyclic) bond motifs is 1. The molecule has 2 aliphatic rings. The van der Waals surface area contributed by atoms with E-state index in [2.05, 4.69) is 0 Å². The van der Waals surface area contributed by atoms with E-state index in [1.807, 2.05) is 63.3 Å². The van der Waals surface area contributed by atoms with Crippen molar-refractivity contribution in [2.24, 2.45) is 5.92 Å². The third-order valence-corrected chi connectivity index (χ3v) is 4.55. The Hall–Kier alpha value is -3.28. The Balaban J connectivity index is 1.58. The van der Waals surface area contributed by atoms with E-state index in [4.69, 9.17) is 24.4 Å². The largest absolute Gasteiger partial charge is 0.492 e. The maximum absolute atomic E-state index is 12.3. The number of nitrogens with one attached hydrogen (secondary N) is 1. The van der Waals surface area contributed by atoms with Gasteiger partial charge < -0.3 is 18.9 Å². The van der Waals surface area contributed by atoms with E-state index in [0.717, 1.165) is 12.0 Å². The molecule has 1 aromatic carbocycles. The van der Waals surface area contributed by atoms with Crippen LogP contribution in [-0.2, 0) is 20.7 Å². The zero-order valence-corrected chi connectivity index (χ0v) is 18.4. The number of ether oxygens (including phenoxy) is 4. The smallest absolute Gasteiger partial charge is 0.313 e. The topological polar surface area (TPSA) is 77.8 Å². The highest BCUT2D eigenvalue weighted by Gasteiger charge is 2.30. The fourth-order valence-electron chi connectivity index (χ4n) is 3.09. The second kappa shape index (κ2) is 9.69. The van der Waals surface area contributed by atoms with E-state index in [9.17, 15) is 4.79 Å². The second-order valence-corrected chi connectivity index (χ2v) is 8.48. The quantitative estimate of drug-likeness (QED) is 0.303. The lowest BCUT2D eigenvalue weighted by molar-refractivity contribution is -0.161. The van der Waals surface area contributed by atoms with Crippen molar-refractivity contribution in [1.82, 2.24) is 0 Å². The standard InChI is InChI=1S/C25H29NO5/c1-17(30-23(26)18-9-7-5-6-8-10-18)15-28-21-12-11-19-13-20(16-29-22(19)14-21)24(27)31-25(2,3)4/h5,7-12,14-15,20,26H,6,13,16H2,1-4H3/b17-15+,26-23?. The van der Waals surface area contributed by atoms with Gasteiger partial charge in [-0.1, -0.05) is 30.4 Å². The molecule has 1 unspecified atom stereocenters. The predicted octanol–water partition coefficient (Wildman–Crippen LogP) is 5.26. The Labute approximate surface area is 183 Å². The molecule has 0 fully saturated rings. The summed E-state index contributed by atoms with van der Waals surface area (Å²) in [5, 5.41) is 8.10. The lowest BCUT2D eigenvalue weighted by atomic mass is 9.96. The number of allylic oxidation sites excluding steroid dienone is 5. The SMILES string of the molecule is C/C(=C\Oc1ccc2c(c1)OCC(C(=O)OC(C)(C)C)C2)OC(=N)C1=CC=CCC=C1. The van der Waals surface area contributed by atoms with Crippen molar-refractivity contribution in [2.75, 3.05) is 6.61 Å². The van der Waals surface area contributed by atoms with Crippen molar-refractivity contribution in [2.45, 2.75) is 46.1 Å². The van der Waals surface area contributed by atoms with Crippen molar-refractivity contribution in [3.05, 3.63) is 71.7 Å². The number of rotatable bonds is 5. The van der Waals surface area contributed by atoms with Crippen molar-refractivity contribution in [1.29, 1.82) is 5.41 Å². The third-order valence-electron chi connectivity index (χ3n) is 4.55. The van der Waals surface area contributed by atoms with Crippen LogP contribution in [0, 0.1) is 11.3 Å². The summed E-state index contributed by atoms with van der Waals surface area (Å²) in [6.07, 6.45) is 12.5. The predicted molar refractivity (Wildman–Crippen MR) is 119 cm³/mol. The molecule has 0 aromatic heterocycles. The highest BCUT2D eigenvalue weighted by molar-refractivity contribution is 5.94. The van der Waals surface area contributed by atoms with Gasteiger partial charge in [-0.2, -0.15) is 0 Å². The molecule has 6 nitrogen and oxygen atoms in total. The first-order chi connectivity index (χ1) is 14.7. The zero-order valence-electron chi connectivity index (χ0n) is 18.4. The monoisotopic (exact) mass is 423 g/mol. The molecule has 0 saturated carbocycles. The van der Waals surface area contributed by atoms with Crippen molar-refractivity contribution in [3.63, 3.8) is 0 Å². The van der Waals surface area contributed by atoms with Gasteiger partial charge in [0, 0.05) is 11.6 Å². The summed E-state index contributed by atoms with van der Waals surface area (Å²) in [5.74, 6) is 1.23. The molecule has 1 aliphatic heterocycles. The summed E-state index contributed by atoms with van der Waals surface area (Å²) >= 11 is 0. The van der Waals surface area contributed by atoms with Crippen LogP contribution in [0.25, 0.3) is 0 Å². The van der Waals surface area contributed by atoms with Crippen molar-refractivity contribution >= 4 is 11.9 Å². The van der Waals surface area contributed by atoms with Gasteiger partial charge in [-0.05, 0) is 58.2 Å². The highest BCUT2D eigenvalue weighted by atomic mass is 16.6. The molecule has 1 heterocycles. The lowest BCUT2D eigenvalue weighted by Crippen LogP contribution is -2.34. The van der Waals surface area contributed by atoms with Crippen LogP contribution >= 0.6 is 0 Å². The number of carbonyl (C=O) groups excluding carboxylic acids is 1. The van der Waals surface area contributed by atoms with Crippen LogP contribution in [0.3, 0.4) is 0 Å². The summed E-state index contributed by atoms with van der Waals surface area (Å²) in [6.45, 7) is 7.57. The fourth-order valence-corrected chi connectivity index (χ4v) is 3.09. The Morgan fingerprint density at radius 2 is 2.06 bits per heavy atom. The minimum Gasteiger partial charge on any atom is -0.492 e. The van der Waals surface area contributed by atoms with Gasteiger partial charge in [0.05, 0.1) is 5.92 Å². The summed E-state index contributed by atoms with van der Waals surface area (Å²) in [6, 6.07) is 5.49. The first kappa shape index (κ1) is 22.4.